The molecular weight excluding hydrogens is 454 g/mol. The van der Waals surface area contributed by atoms with Crippen LogP contribution >= 0.6 is 0 Å². The number of benzene rings is 1. The van der Waals surface area contributed by atoms with E-state index in [4.69, 9.17) is 14.9 Å². The maximum atomic E-state index is 15.0. The predicted molar refractivity (Wildman–Crippen MR) is 133 cm³/mol. The monoisotopic (exact) mass is 488 g/mol. The fourth-order valence-electron chi connectivity index (χ4n) is 4.68. The summed E-state index contributed by atoms with van der Waals surface area (Å²) >= 11 is 0. The van der Waals surface area contributed by atoms with Crippen molar-refractivity contribution in [3.05, 3.63) is 34.9 Å². The van der Waals surface area contributed by atoms with Gasteiger partial charge < -0.3 is 30.0 Å². The predicted octanol–water partition coefficient (Wildman–Crippen LogP) is 4.20. The molecule has 2 N–H and O–H groups in total. The third kappa shape index (κ3) is 5.87. The lowest BCUT2D eigenvalue weighted by molar-refractivity contribution is -0.0766. The third-order valence-corrected chi connectivity index (χ3v) is 6.39. The molecule has 0 radical (unpaired) electrons. The second-order valence-corrected chi connectivity index (χ2v) is 9.57. The van der Waals surface area contributed by atoms with Gasteiger partial charge >= 0.3 is 6.01 Å². The Bertz CT molecular complexity index is 1060. The summed E-state index contributed by atoms with van der Waals surface area (Å²) in [6.07, 6.45) is 1.48. The van der Waals surface area contributed by atoms with Crippen molar-refractivity contribution in [2.75, 3.05) is 56.7 Å². The highest BCUT2D eigenvalue weighted by atomic mass is 19.3. The van der Waals surface area contributed by atoms with E-state index in [-0.39, 0.29) is 18.7 Å². The number of hydrogen-bond acceptors (Lipinski definition) is 8. The Morgan fingerprint density at radius 1 is 1.20 bits per heavy atom. The molecule has 0 aliphatic carbocycles. The van der Waals surface area contributed by atoms with Crippen LogP contribution in [0.4, 0.5) is 26.1 Å². The molecular formula is C25H34F2N6O2. The number of piperidine rings is 1. The molecule has 10 heteroatoms. The van der Waals surface area contributed by atoms with Gasteiger partial charge in [-0.3, -0.25) is 0 Å². The summed E-state index contributed by atoms with van der Waals surface area (Å²) in [7, 11) is 1.72. The van der Waals surface area contributed by atoms with Crippen molar-refractivity contribution in [3.8, 4) is 6.01 Å². The highest BCUT2D eigenvalue weighted by Crippen LogP contribution is 2.42. The number of alkyl halides is 2. The second-order valence-electron chi connectivity index (χ2n) is 9.57. The Labute approximate surface area is 205 Å². The largest absolute Gasteiger partial charge is 0.461 e. The van der Waals surface area contributed by atoms with Crippen LogP contribution < -0.4 is 15.0 Å². The third-order valence-electron chi connectivity index (χ3n) is 6.39. The molecule has 4 rings (SSSR count). The van der Waals surface area contributed by atoms with Crippen molar-refractivity contribution in [1.29, 1.82) is 5.41 Å². The van der Waals surface area contributed by atoms with Crippen molar-refractivity contribution in [3.63, 3.8) is 0 Å². The van der Waals surface area contributed by atoms with E-state index in [9.17, 15) is 8.78 Å². The Kier molecular flexibility index (Phi) is 7.51. The van der Waals surface area contributed by atoms with Gasteiger partial charge in [0, 0.05) is 36.6 Å². The second kappa shape index (κ2) is 10.4. The summed E-state index contributed by atoms with van der Waals surface area (Å²) in [5, 5.41) is 11.2. The molecule has 0 spiro atoms. The number of hydrogen-bond donors (Lipinski definition) is 2. The fraction of sp³-hybridized carbons (Fsp3) is 0.560. The number of halogens is 2. The number of likely N-dealkylation sites (tertiary alicyclic amines) is 1. The van der Waals surface area contributed by atoms with Crippen molar-refractivity contribution >= 4 is 23.5 Å². The molecule has 2 aromatic rings. The molecule has 1 aromatic heterocycles. The molecule has 190 valence electrons. The molecule has 2 aliphatic rings. The van der Waals surface area contributed by atoms with Crippen LogP contribution in [0.1, 0.15) is 42.9 Å². The molecule has 2 aliphatic heterocycles. The Morgan fingerprint density at radius 2 is 1.94 bits per heavy atom. The van der Waals surface area contributed by atoms with Gasteiger partial charge in [-0.1, -0.05) is 0 Å². The molecule has 1 aromatic carbocycles. The van der Waals surface area contributed by atoms with Gasteiger partial charge in [-0.25, -0.2) is 8.78 Å². The first-order valence-electron chi connectivity index (χ1n) is 12.0. The van der Waals surface area contributed by atoms with E-state index in [1.54, 1.807) is 24.1 Å². The molecule has 35 heavy (non-hydrogen) atoms. The van der Waals surface area contributed by atoms with Crippen LogP contribution in [-0.2, 0) is 4.74 Å². The van der Waals surface area contributed by atoms with Crippen LogP contribution in [-0.4, -0.2) is 79.5 Å². The van der Waals surface area contributed by atoms with Crippen molar-refractivity contribution in [2.24, 2.45) is 0 Å². The lowest BCUT2D eigenvalue weighted by Crippen LogP contribution is -2.45. The normalized spacial score (nSPS) is 20.7. The first-order valence-corrected chi connectivity index (χ1v) is 12.0. The first kappa shape index (κ1) is 25.2. The van der Waals surface area contributed by atoms with Gasteiger partial charge in [-0.05, 0) is 64.0 Å². The maximum Gasteiger partial charge on any atom is 0.320 e. The Morgan fingerprint density at radius 3 is 2.60 bits per heavy atom. The van der Waals surface area contributed by atoms with Crippen LogP contribution in [0.25, 0.3) is 0 Å². The molecule has 0 saturated carbocycles. The minimum atomic E-state index is -2.84. The van der Waals surface area contributed by atoms with Crippen LogP contribution in [0.2, 0.25) is 0 Å². The maximum absolute atomic E-state index is 15.0. The van der Waals surface area contributed by atoms with E-state index in [1.807, 2.05) is 26.8 Å². The summed E-state index contributed by atoms with van der Waals surface area (Å²) in [5.41, 5.74) is 2.50. The first-order chi connectivity index (χ1) is 16.7. The summed E-state index contributed by atoms with van der Waals surface area (Å²) in [6.45, 7) is 8.59. The highest BCUT2D eigenvalue weighted by Gasteiger charge is 2.45. The lowest BCUT2D eigenvalue weighted by atomic mass is 9.83. The molecule has 2 fully saturated rings. The summed E-state index contributed by atoms with van der Waals surface area (Å²) in [4.78, 5) is 12.8. The molecule has 3 heterocycles. The molecule has 1 unspecified atom stereocenters. The van der Waals surface area contributed by atoms with Gasteiger partial charge in [0.2, 0.25) is 0 Å². The van der Waals surface area contributed by atoms with Gasteiger partial charge in [0.05, 0.1) is 31.8 Å². The van der Waals surface area contributed by atoms with Gasteiger partial charge in [0.1, 0.15) is 11.6 Å². The number of nitrogens with zero attached hydrogens (tertiary/aromatic N) is 4. The number of aryl methyl sites for hydroxylation is 1. The van der Waals surface area contributed by atoms with Crippen LogP contribution in [0.15, 0.2) is 18.2 Å². The zero-order chi connectivity index (χ0) is 25.2. The summed E-state index contributed by atoms with van der Waals surface area (Å²) in [5.74, 6) is -2.54. The minimum Gasteiger partial charge on any atom is -0.461 e. The van der Waals surface area contributed by atoms with E-state index in [1.165, 1.54) is 6.21 Å². The zero-order valence-corrected chi connectivity index (χ0v) is 20.8. The fourth-order valence-corrected chi connectivity index (χ4v) is 4.68. The van der Waals surface area contributed by atoms with E-state index >= 15 is 0 Å². The topological polar surface area (TPSA) is 86.6 Å². The summed E-state index contributed by atoms with van der Waals surface area (Å²) in [6, 6.07) is 5.58. The van der Waals surface area contributed by atoms with Crippen LogP contribution in [0, 0.1) is 12.3 Å². The van der Waals surface area contributed by atoms with E-state index in [0.29, 0.717) is 67.7 Å². The molecule has 2 saturated heterocycles. The standard InChI is InChI=1S/C25H34F2N6O2/c1-16(2)35-24-30-22(13-23(31-24)33-7-9-34-10-8-33)29-21-12-19(17(3)11-18(21)14-28)20-5-6-32(4)15-25(20,26)27/h11-14,16,20,28H,5-10,15H2,1-4H3,(H,29,30,31). The Hall–Kier alpha value is -2.85. The van der Waals surface area contributed by atoms with Gasteiger partial charge in [0.25, 0.3) is 5.92 Å². The number of morpholine rings is 1. The number of aromatic nitrogens is 2. The van der Waals surface area contributed by atoms with E-state index in [0.717, 1.165) is 5.56 Å². The number of anilines is 3. The molecule has 1 atom stereocenters. The zero-order valence-electron chi connectivity index (χ0n) is 20.8. The quantitative estimate of drug-likeness (QED) is 0.565. The van der Waals surface area contributed by atoms with Crippen molar-refractivity contribution in [1.82, 2.24) is 14.9 Å². The number of nitrogens with one attached hydrogen (secondary N) is 2. The smallest absolute Gasteiger partial charge is 0.320 e. The molecule has 0 bridgehead atoms. The van der Waals surface area contributed by atoms with Gasteiger partial charge in [0.15, 0.2) is 0 Å². The van der Waals surface area contributed by atoms with Gasteiger partial charge in [-0.2, -0.15) is 9.97 Å². The van der Waals surface area contributed by atoms with Gasteiger partial charge in [-0.15, -0.1) is 0 Å². The SMILES string of the molecule is Cc1cc(C=N)c(Nc2cc(N3CCOCC3)nc(OC(C)C)n2)cc1C1CCN(C)CC1(F)F. The van der Waals surface area contributed by atoms with E-state index < -0.39 is 11.8 Å². The Balaban J connectivity index is 1.70. The van der Waals surface area contributed by atoms with E-state index in [2.05, 4.69) is 20.2 Å². The average Bonchev–Trinajstić information content (AvgIpc) is 2.80. The number of ether oxygens (including phenoxy) is 2. The number of rotatable bonds is 7. The molecule has 0 amide bonds. The summed E-state index contributed by atoms with van der Waals surface area (Å²) < 4.78 is 41.2. The van der Waals surface area contributed by atoms with Crippen molar-refractivity contribution < 1.29 is 18.3 Å². The minimum absolute atomic E-state index is 0.113. The van der Waals surface area contributed by atoms with Crippen molar-refractivity contribution in [2.45, 2.75) is 45.1 Å². The van der Waals surface area contributed by atoms with Crippen LogP contribution in [0.3, 0.4) is 0 Å². The average molecular weight is 489 g/mol. The molecule has 8 nitrogen and oxygen atoms in total. The highest BCUT2D eigenvalue weighted by molar-refractivity contribution is 5.88. The lowest BCUT2D eigenvalue weighted by Gasteiger charge is -2.37. The van der Waals surface area contributed by atoms with Crippen LogP contribution in [0.5, 0.6) is 6.01 Å².